The number of amides is 2. The molecule has 0 radical (unpaired) electrons. The summed E-state index contributed by atoms with van der Waals surface area (Å²) >= 11 is 0. The number of benzene rings is 1. The van der Waals surface area contributed by atoms with Crippen LogP contribution in [0.5, 0.6) is 0 Å². The number of nitrogens with one attached hydrogen (secondary N) is 1. The van der Waals surface area contributed by atoms with E-state index < -0.39 is 29.5 Å². The fourth-order valence-corrected chi connectivity index (χ4v) is 1.84. The van der Waals surface area contributed by atoms with Crippen LogP contribution < -0.4 is 11.1 Å². The molecule has 0 bridgehead atoms. The summed E-state index contributed by atoms with van der Waals surface area (Å²) in [6.07, 6.45) is 2.47. The molecule has 1 aliphatic carbocycles. The zero-order chi connectivity index (χ0) is 14.0. The number of halogens is 2. The average Bonchev–Trinajstić information content (AvgIpc) is 3.11. The molecule has 0 heterocycles. The SMILES string of the molecule is NC(=O)[C@H](CC1CC1)NC(=O)c1ccc(F)cc1F. The van der Waals surface area contributed by atoms with E-state index in [1.54, 1.807) is 0 Å². The van der Waals surface area contributed by atoms with Gasteiger partial charge < -0.3 is 11.1 Å². The first-order valence-electron chi connectivity index (χ1n) is 6.02. The van der Waals surface area contributed by atoms with Gasteiger partial charge in [0.25, 0.3) is 5.91 Å². The highest BCUT2D eigenvalue weighted by Crippen LogP contribution is 2.33. The van der Waals surface area contributed by atoms with Gasteiger partial charge >= 0.3 is 0 Å². The van der Waals surface area contributed by atoms with E-state index in [1.807, 2.05) is 0 Å². The van der Waals surface area contributed by atoms with E-state index in [4.69, 9.17) is 5.73 Å². The maximum Gasteiger partial charge on any atom is 0.254 e. The molecule has 0 aromatic heterocycles. The molecule has 2 rings (SSSR count). The Kier molecular flexibility index (Phi) is 3.78. The smallest absolute Gasteiger partial charge is 0.254 e. The minimum atomic E-state index is -0.966. The minimum Gasteiger partial charge on any atom is -0.368 e. The molecule has 0 spiro atoms. The lowest BCUT2D eigenvalue weighted by atomic mass is 10.1. The van der Waals surface area contributed by atoms with Crippen LogP contribution in [0.3, 0.4) is 0 Å². The largest absolute Gasteiger partial charge is 0.368 e. The first-order chi connectivity index (χ1) is 8.97. The predicted molar refractivity (Wildman–Crippen MR) is 64.1 cm³/mol. The number of carbonyl (C=O) groups excluding carboxylic acids is 2. The van der Waals surface area contributed by atoms with Crippen molar-refractivity contribution in [2.75, 3.05) is 0 Å². The summed E-state index contributed by atoms with van der Waals surface area (Å²) in [6, 6.07) is 1.83. The first kappa shape index (κ1) is 13.5. The van der Waals surface area contributed by atoms with Gasteiger partial charge in [-0.2, -0.15) is 0 Å². The number of hydrogen-bond acceptors (Lipinski definition) is 2. The van der Waals surface area contributed by atoms with Crippen molar-refractivity contribution in [1.82, 2.24) is 5.32 Å². The summed E-state index contributed by atoms with van der Waals surface area (Å²) in [4.78, 5) is 23.0. The average molecular weight is 268 g/mol. The lowest BCUT2D eigenvalue weighted by Crippen LogP contribution is -2.45. The molecular weight excluding hydrogens is 254 g/mol. The Hall–Kier alpha value is -1.98. The van der Waals surface area contributed by atoms with E-state index in [1.165, 1.54) is 0 Å². The molecule has 6 heteroatoms. The number of hydrogen-bond donors (Lipinski definition) is 2. The zero-order valence-corrected chi connectivity index (χ0v) is 10.2. The summed E-state index contributed by atoms with van der Waals surface area (Å²) < 4.78 is 26.1. The first-order valence-corrected chi connectivity index (χ1v) is 6.02. The van der Waals surface area contributed by atoms with Crippen LogP contribution in [0, 0.1) is 17.6 Å². The lowest BCUT2D eigenvalue weighted by molar-refractivity contribution is -0.120. The van der Waals surface area contributed by atoms with Crippen LogP contribution in [0.15, 0.2) is 18.2 Å². The summed E-state index contributed by atoms with van der Waals surface area (Å²) in [5, 5.41) is 2.39. The van der Waals surface area contributed by atoms with Crippen molar-refractivity contribution >= 4 is 11.8 Å². The van der Waals surface area contributed by atoms with Crippen molar-refractivity contribution in [3.8, 4) is 0 Å². The molecule has 0 unspecified atom stereocenters. The molecular formula is C13H14F2N2O2. The van der Waals surface area contributed by atoms with Crippen LogP contribution in [0.25, 0.3) is 0 Å². The molecule has 19 heavy (non-hydrogen) atoms. The van der Waals surface area contributed by atoms with Crippen molar-refractivity contribution < 1.29 is 18.4 Å². The fraction of sp³-hybridized carbons (Fsp3) is 0.385. The topological polar surface area (TPSA) is 72.2 Å². The minimum absolute atomic E-state index is 0.302. The van der Waals surface area contributed by atoms with Crippen molar-refractivity contribution in [3.05, 3.63) is 35.4 Å². The van der Waals surface area contributed by atoms with E-state index in [2.05, 4.69) is 5.32 Å². The third-order valence-electron chi connectivity index (χ3n) is 3.09. The molecule has 1 aliphatic rings. The van der Waals surface area contributed by atoms with E-state index >= 15 is 0 Å². The van der Waals surface area contributed by atoms with Crippen molar-refractivity contribution in [2.45, 2.75) is 25.3 Å². The van der Waals surface area contributed by atoms with Gasteiger partial charge in [0.05, 0.1) is 5.56 Å². The molecule has 1 aromatic rings. The highest BCUT2D eigenvalue weighted by atomic mass is 19.1. The Balaban J connectivity index is 2.07. The van der Waals surface area contributed by atoms with E-state index in [0.29, 0.717) is 18.4 Å². The standard InChI is InChI=1S/C13H14F2N2O2/c14-8-3-4-9(10(15)6-8)13(19)17-11(12(16)18)5-7-1-2-7/h3-4,6-7,11H,1-2,5H2,(H2,16,18)(H,17,19)/t11-/m0/s1. The van der Waals surface area contributed by atoms with Gasteiger partial charge in [-0.1, -0.05) is 12.8 Å². The van der Waals surface area contributed by atoms with Gasteiger partial charge in [0.15, 0.2) is 0 Å². The second-order valence-corrected chi connectivity index (χ2v) is 4.73. The Morgan fingerprint density at radius 2 is 2.05 bits per heavy atom. The summed E-state index contributed by atoms with van der Waals surface area (Å²) in [7, 11) is 0. The van der Waals surface area contributed by atoms with Crippen LogP contribution in [0.2, 0.25) is 0 Å². The summed E-state index contributed by atoms with van der Waals surface area (Å²) in [5.41, 5.74) is 4.89. The molecule has 1 aromatic carbocycles. The molecule has 1 saturated carbocycles. The Morgan fingerprint density at radius 3 is 2.58 bits per heavy atom. The quantitative estimate of drug-likeness (QED) is 0.846. The number of primary amides is 1. The molecule has 1 fully saturated rings. The number of carbonyl (C=O) groups is 2. The maximum atomic E-state index is 13.4. The fourth-order valence-electron chi connectivity index (χ4n) is 1.84. The highest BCUT2D eigenvalue weighted by molar-refractivity contribution is 5.97. The number of rotatable bonds is 5. The molecule has 102 valence electrons. The second kappa shape index (κ2) is 5.34. The molecule has 1 atom stereocenters. The number of nitrogens with two attached hydrogens (primary N) is 1. The zero-order valence-electron chi connectivity index (χ0n) is 10.2. The van der Waals surface area contributed by atoms with Gasteiger partial charge in [0.2, 0.25) is 5.91 Å². The lowest BCUT2D eigenvalue weighted by Gasteiger charge is -2.15. The monoisotopic (exact) mass is 268 g/mol. The summed E-state index contributed by atoms with van der Waals surface area (Å²) in [5.74, 6) is -2.76. The van der Waals surface area contributed by atoms with Crippen molar-refractivity contribution in [3.63, 3.8) is 0 Å². The molecule has 0 aliphatic heterocycles. The Morgan fingerprint density at radius 1 is 1.37 bits per heavy atom. The van der Waals surface area contributed by atoms with Crippen LogP contribution in [-0.2, 0) is 4.79 Å². The van der Waals surface area contributed by atoms with E-state index in [0.717, 1.165) is 25.0 Å². The van der Waals surface area contributed by atoms with Gasteiger partial charge in [-0.15, -0.1) is 0 Å². The Labute approximate surface area is 109 Å². The third kappa shape index (κ3) is 3.49. The predicted octanol–water partition coefficient (Wildman–Crippen LogP) is 1.35. The Bertz CT molecular complexity index is 515. The van der Waals surface area contributed by atoms with Crippen LogP contribution in [0.4, 0.5) is 8.78 Å². The van der Waals surface area contributed by atoms with Crippen LogP contribution in [-0.4, -0.2) is 17.9 Å². The van der Waals surface area contributed by atoms with Gasteiger partial charge in [0, 0.05) is 6.07 Å². The summed E-state index contributed by atoms with van der Waals surface area (Å²) in [6.45, 7) is 0. The third-order valence-corrected chi connectivity index (χ3v) is 3.09. The van der Waals surface area contributed by atoms with E-state index in [9.17, 15) is 18.4 Å². The normalized spacial score (nSPS) is 15.9. The molecule has 2 amide bonds. The van der Waals surface area contributed by atoms with E-state index in [-0.39, 0.29) is 5.56 Å². The van der Waals surface area contributed by atoms with Crippen LogP contribution in [0.1, 0.15) is 29.6 Å². The molecule has 3 N–H and O–H groups in total. The van der Waals surface area contributed by atoms with Gasteiger partial charge in [-0.05, 0) is 24.5 Å². The van der Waals surface area contributed by atoms with Gasteiger partial charge in [0.1, 0.15) is 17.7 Å². The van der Waals surface area contributed by atoms with Crippen molar-refractivity contribution in [2.24, 2.45) is 11.7 Å². The molecule has 4 nitrogen and oxygen atoms in total. The van der Waals surface area contributed by atoms with Crippen molar-refractivity contribution in [1.29, 1.82) is 0 Å². The maximum absolute atomic E-state index is 13.4. The van der Waals surface area contributed by atoms with Gasteiger partial charge in [-0.25, -0.2) is 8.78 Å². The van der Waals surface area contributed by atoms with Gasteiger partial charge in [-0.3, -0.25) is 9.59 Å². The van der Waals surface area contributed by atoms with Crippen LogP contribution >= 0.6 is 0 Å². The molecule has 0 saturated heterocycles. The highest BCUT2D eigenvalue weighted by Gasteiger charge is 2.29. The second-order valence-electron chi connectivity index (χ2n) is 4.73.